The van der Waals surface area contributed by atoms with Crippen LogP contribution in [-0.2, 0) is 0 Å². The van der Waals surface area contributed by atoms with Crippen LogP contribution >= 0.6 is 0 Å². The van der Waals surface area contributed by atoms with Crippen molar-refractivity contribution in [1.29, 1.82) is 0 Å². The summed E-state index contributed by atoms with van der Waals surface area (Å²) in [4.78, 5) is 12.3. The lowest BCUT2D eigenvalue weighted by molar-refractivity contribution is 0.0920. The molecule has 2 atom stereocenters. The molecule has 0 bridgehead atoms. The Balaban J connectivity index is 2.03. The molecule has 1 fully saturated rings. The molecule has 1 aromatic carbocycles. The lowest BCUT2D eigenvalue weighted by atomic mass is 9.95. The molecule has 1 aliphatic carbocycles. The van der Waals surface area contributed by atoms with Gasteiger partial charge >= 0.3 is 0 Å². The molecule has 0 aliphatic heterocycles. The van der Waals surface area contributed by atoms with Gasteiger partial charge in [-0.3, -0.25) is 4.79 Å². The van der Waals surface area contributed by atoms with Gasteiger partial charge in [0.2, 0.25) is 0 Å². The molecule has 0 radical (unpaired) electrons. The Bertz CT molecular complexity index is 406. The molecule has 2 heteroatoms. The van der Waals surface area contributed by atoms with Gasteiger partial charge in [0, 0.05) is 11.5 Å². The third kappa shape index (κ3) is 3.12. The highest BCUT2D eigenvalue weighted by molar-refractivity contribution is 5.98. The first-order valence-corrected chi connectivity index (χ1v) is 6.87. The van der Waals surface area contributed by atoms with Crippen LogP contribution in [0.2, 0.25) is 0 Å². The van der Waals surface area contributed by atoms with Crippen molar-refractivity contribution in [3.8, 4) is 5.75 Å². The molecule has 2 rings (SSSR count). The van der Waals surface area contributed by atoms with Crippen LogP contribution in [0.3, 0.4) is 0 Å². The zero-order valence-electron chi connectivity index (χ0n) is 11.5. The average molecular weight is 246 g/mol. The summed E-state index contributed by atoms with van der Waals surface area (Å²) in [7, 11) is 0. The van der Waals surface area contributed by atoms with E-state index in [0.29, 0.717) is 11.7 Å². The Morgan fingerprint density at radius 1 is 1.22 bits per heavy atom. The summed E-state index contributed by atoms with van der Waals surface area (Å²) in [5.74, 6) is 2.07. The summed E-state index contributed by atoms with van der Waals surface area (Å²) < 4.78 is 5.58. The second-order valence-electron chi connectivity index (χ2n) is 5.67. The number of carbonyl (C=O) groups excluding carboxylic acids is 1. The van der Waals surface area contributed by atoms with Gasteiger partial charge in [-0.2, -0.15) is 0 Å². The van der Waals surface area contributed by atoms with Crippen molar-refractivity contribution in [3.63, 3.8) is 0 Å². The number of hydrogen-bond donors (Lipinski definition) is 0. The smallest absolute Gasteiger partial charge is 0.165 e. The van der Waals surface area contributed by atoms with Crippen LogP contribution in [0.5, 0.6) is 5.75 Å². The lowest BCUT2D eigenvalue weighted by Gasteiger charge is -2.11. The van der Waals surface area contributed by atoms with Gasteiger partial charge in [0.25, 0.3) is 0 Å². The van der Waals surface area contributed by atoms with Crippen LogP contribution < -0.4 is 4.74 Å². The van der Waals surface area contributed by atoms with Gasteiger partial charge in [-0.15, -0.1) is 0 Å². The lowest BCUT2D eigenvalue weighted by Crippen LogP contribution is -2.11. The Morgan fingerprint density at radius 3 is 2.39 bits per heavy atom. The Labute approximate surface area is 109 Å². The normalized spacial score (nSPS) is 23.3. The molecule has 1 aliphatic rings. The van der Waals surface area contributed by atoms with E-state index in [1.807, 2.05) is 38.1 Å². The van der Waals surface area contributed by atoms with Gasteiger partial charge in [-0.05, 0) is 63.3 Å². The van der Waals surface area contributed by atoms with Crippen molar-refractivity contribution in [3.05, 3.63) is 29.8 Å². The minimum Gasteiger partial charge on any atom is -0.491 e. The van der Waals surface area contributed by atoms with E-state index in [-0.39, 0.29) is 12.0 Å². The number of rotatable bonds is 4. The van der Waals surface area contributed by atoms with Crippen LogP contribution in [0.4, 0.5) is 0 Å². The fourth-order valence-electron chi connectivity index (χ4n) is 2.65. The third-order valence-electron chi connectivity index (χ3n) is 3.58. The highest BCUT2D eigenvalue weighted by Crippen LogP contribution is 2.32. The van der Waals surface area contributed by atoms with Crippen molar-refractivity contribution in [1.82, 2.24) is 0 Å². The van der Waals surface area contributed by atoms with E-state index in [1.54, 1.807) is 0 Å². The number of benzene rings is 1. The van der Waals surface area contributed by atoms with Crippen LogP contribution in [0.25, 0.3) is 0 Å². The number of ketones is 1. The predicted molar refractivity (Wildman–Crippen MR) is 73.0 cm³/mol. The maximum atomic E-state index is 12.3. The Hall–Kier alpha value is -1.31. The SMILES string of the molecule is CC1CCC(C(=O)c2ccc(OC(C)C)cc2)C1. The molecule has 2 nitrogen and oxygen atoms in total. The molecule has 98 valence electrons. The molecule has 1 aromatic rings. The molecule has 0 N–H and O–H groups in total. The summed E-state index contributed by atoms with van der Waals surface area (Å²) in [6.45, 7) is 6.23. The largest absolute Gasteiger partial charge is 0.491 e. The van der Waals surface area contributed by atoms with Gasteiger partial charge in [0.1, 0.15) is 5.75 Å². The highest BCUT2D eigenvalue weighted by atomic mass is 16.5. The van der Waals surface area contributed by atoms with Crippen molar-refractivity contribution < 1.29 is 9.53 Å². The Morgan fingerprint density at radius 2 is 1.89 bits per heavy atom. The van der Waals surface area contributed by atoms with E-state index in [1.165, 1.54) is 6.42 Å². The molecule has 0 aromatic heterocycles. The first-order chi connectivity index (χ1) is 8.56. The quantitative estimate of drug-likeness (QED) is 0.748. The minimum atomic E-state index is 0.169. The fourth-order valence-corrected chi connectivity index (χ4v) is 2.65. The van der Waals surface area contributed by atoms with Gasteiger partial charge < -0.3 is 4.74 Å². The number of hydrogen-bond acceptors (Lipinski definition) is 2. The Kier molecular flexibility index (Phi) is 4.05. The second-order valence-corrected chi connectivity index (χ2v) is 5.67. The molecule has 1 saturated carbocycles. The van der Waals surface area contributed by atoms with Gasteiger partial charge in [0.15, 0.2) is 5.78 Å². The minimum absolute atomic E-state index is 0.169. The van der Waals surface area contributed by atoms with Crippen molar-refractivity contribution in [2.24, 2.45) is 11.8 Å². The first-order valence-electron chi connectivity index (χ1n) is 6.87. The summed E-state index contributed by atoms with van der Waals surface area (Å²) in [6, 6.07) is 7.57. The van der Waals surface area contributed by atoms with E-state index in [4.69, 9.17) is 4.74 Å². The molecule has 0 amide bonds. The molecule has 0 heterocycles. The van der Waals surface area contributed by atoms with Crippen LogP contribution in [0.15, 0.2) is 24.3 Å². The summed E-state index contributed by atoms with van der Waals surface area (Å²) in [5.41, 5.74) is 0.824. The molecule has 18 heavy (non-hydrogen) atoms. The van der Waals surface area contributed by atoms with Crippen molar-refractivity contribution in [2.75, 3.05) is 0 Å². The number of ether oxygens (including phenoxy) is 1. The van der Waals surface area contributed by atoms with Gasteiger partial charge in [0.05, 0.1) is 6.10 Å². The van der Waals surface area contributed by atoms with Gasteiger partial charge in [-0.1, -0.05) is 6.92 Å². The topological polar surface area (TPSA) is 26.3 Å². The molecular formula is C16H22O2. The summed E-state index contributed by atoms with van der Waals surface area (Å²) in [5, 5.41) is 0. The van der Waals surface area contributed by atoms with E-state index in [9.17, 15) is 4.79 Å². The third-order valence-corrected chi connectivity index (χ3v) is 3.58. The molecule has 2 unspecified atom stereocenters. The monoisotopic (exact) mass is 246 g/mol. The van der Waals surface area contributed by atoms with E-state index < -0.39 is 0 Å². The second kappa shape index (κ2) is 5.55. The predicted octanol–water partition coefficient (Wildman–Crippen LogP) is 4.09. The van der Waals surface area contributed by atoms with Crippen molar-refractivity contribution in [2.45, 2.75) is 46.1 Å². The molecular weight excluding hydrogens is 224 g/mol. The van der Waals surface area contributed by atoms with Gasteiger partial charge in [-0.25, -0.2) is 0 Å². The van der Waals surface area contributed by atoms with Crippen LogP contribution in [0, 0.1) is 11.8 Å². The number of carbonyl (C=O) groups is 1. The van der Waals surface area contributed by atoms with Crippen LogP contribution in [0.1, 0.15) is 50.4 Å². The zero-order chi connectivity index (χ0) is 13.1. The summed E-state index contributed by atoms with van der Waals surface area (Å²) in [6.07, 6.45) is 3.44. The van der Waals surface area contributed by atoms with E-state index in [0.717, 1.165) is 24.2 Å². The fraction of sp³-hybridized carbons (Fsp3) is 0.562. The maximum absolute atomic E-state index is 12.3. The van der Waals surface area contributed by atoms with E-state index in [2.05, 4.69) is 6.92 Å². The van der Waals surface area contributed by atoms with E-state index >= 15 is 0 Å². The van der Waals surface area contributed by atoms with Crippen molar-refractivity contribution >= 4 is 5.78 Å². The highest BCUT2D eigenvalue weighted by Gasteiger charge is 2.27. The average Bonchev–Trinajstić information content (AvgIpc) is 2.75. The standard InChI is InChI=1S/C16H22O2/c1-11(2)18-15-8-6-13(7-9-15)16(17)14-5-4-12(3)10-14/h6-9,11-12,14H,4-5,10H2,1-3H3. The van der Waals surface area contributed by atoms with Crippen LogP contribution in [-0.4, -0.2) is 11.9 Å². The number of Topliss-reactive ketones (excluding diaryl/α,β-unsaturated/α-hetero) is 1. The molecule has 0 saturated heterocycles. The molecule has 0 spiro atoms. The first kappa shape index (κ1) is 13.1. The summed E-state index contributed by atoms with van der Waals surface area (Å²) >= 11 is 0. The zero-order valence-corrected chi connectivity index (χ0v) is 11.5. The maximum Gasteiger partial charge on any atom is 0.165 e.